The molecule has 0 aromatic heterocycles. The Morgan fingerprint density at radius 1 is 1.13 bits per heavy atom. The lowest BCUT2D eigenvalue weighted by molar-refractivity contribution is -0.387. The normalized spacial score (nSPS) is 11.0. The smallest absolute Gasteiger partial charge is 0.288 e. The number of hydrogen-bond acceptors (Lipinski definition) is 5. The molecule has 0 aliphatic rings. The van der Waals surface area contributed by atoms with E-state index in [-0.39, 0.29) is 5.56 Å². The predicted molar refractivity (Wildman–Crippen MR) is 85.3 cm³/mol. The van der Waals surface area contributed by atoms with Crippen LogP contribution in [0.3, 0.4) is 0 Å². The van der Waals surface area contributed by atoms with Crippen molar-refractivity contribution in [2.75, 3.05) is 11.6 Å². The van der Waals surface area contributed by atoms with Crippen molar-refractivity contribution in [3.05, 3.63) is 63.7 Å². The highest BCUT2D eigenvalue weighted by atomic mass is 32.2. The molecule has 120 valence electrons. The Labute approximate surface area is 133 Å². The van der Waals surface area contributed by atoms with Crippen molar-refractivity contribution in [1.82, 2.24) is 0 Å². The van der Waals surface area contributed by atoms with Crippen molar-refractivity contribution in [3.8, 4) is 0 Å². The van der Waals surface area contributed by atoms with Crippen LogP contribution in [0.25, 0.3) is 0 Å². The summed E-state index contributed by atoms with van der Waals surface area (Å²) in [6.07, 6.45) is 0.876. The molecule has 0 spiro atoms. The Morgan fingerprint density at radius 3 is 2.26 bits per heavy atom. The second kappa shape index (κ2) is 6.17. The van der Waals surface area contributed by atoms with Gasteiger partial charge in [0.1, 0.15) is 4.90 Å². The maximum absolute atomic E-state index is 12.2. The molecule has 2 aromatic carbocycles. The molecule has 0 aliphatic heterocycles. The molecule has 1 N–H and O–H groups in total. The van der Waals surface area contributed by atoms with E-state index >= 15 is 0 Å². The molecule has 2 rings (SSSR count). The largest absolute Gasteiger partial charge is 0.322 e. The first-order chi connectivity index (χ1) is 10.7. The molecule has 0 radical (unpaired) electrons. The van der Waals surface area contributed by atoms with Crippen molar-refractivity contribution in [2.24, 2.45) is 0 Å². The number of amides is 1. The third-order valence-corrected chi connectivity index (χ3v) is 4.27. The van der Waals surface area contributed by atoms with E-state index in [1.807, 2.05) is 19.1 Å². The number of carbonyl (C=O) groups excluding carboxylic acids is 1. The zero-order valence-corrected chi connectivity index (χ0v) is 13.3. The van der Waals surface area contributed by atoms with Gasteiger partial charge in [0, 0.05) is 23.6 Å². The first-order valence-corrected chi connectivity index (χ1v) is 8.44. The maximum atomic E-state index is 12.2. The summed E-state index contributed by atoms with van der Waals surface area (Å²) in [7, 11) is -3.76. The quantitative estimate of drug-likeness (QED) is 0.683. The first kappa shape index (κ1) is 16.6. The molecule has 0 aliphatic carbocycles. The second-order valence-corrected chi connectivity index (χ2v) is 7.02. The molecule has 0 atom stereocenters. The van der Waals surface area contributed by atoms with E-state index in [0.29, 0.717) is 5.69 Å². The monoisotopic (exact) mass is 334 g/mol. The molecular formula is C15H14N2O5S. The number of nitrogens with zero attached hydrogens (tertiary/aromatic N) is 1. The third kappa shape index (κ3) is 3.92. The van der Waals surface area contributed by atoms with Gasteiger partial charge in [0.05, 0.1) is 4.92 Å². The first-order valence-electron chi connectivity index (χ1n) is 6.55. The summed E-state index contributed by atoms with van der Waals surface area (Å²) in [6, 6.07) is 10.3. The number of nitro groups is 1. The van der Waals surface area contributed by atoms with Gasteiger partial charge < -0.3 is 5.32 Å². The van der Waals surface area contributed by atoms with Crippen molar-refractivity contribution in [3.63, 3.8) is 0 Å². The van der Waals surface area contributed by atoms with Gasteiger partial charge in [-0.3, -0.25) is 14.9 Å². The van der Waals surface area contributed by atoms with Crippen LogP contribution in [0.15, 0.2) is 47.4 Å². The van der Waals surface area contributed by atoms with Crippen LogP contribution in [0, 0.1) is 17.0 Å². The van der Waals surface area contributed by atoms with Crippen LogP contribution in [-0.4, -0.2) is 25.5 Å². The van der Waals surface area contributed by atoms with Gasteiger partial charge in [0.2, 0.25) is 0 Å². The average Bonchev–Trinajstić information content (AvgIpc) is 2.48. The number of carbonyl (C=O) groups is 1. The van der Waals surface area contributed by atoms with Crippen LogP contribution in [0.4, 0.5) is 11.4 Å². The SMILES string of the molecule is Cc1ccc(NC(=O)c2ccc(S(C)(=O)=O)c([N+](=O)[O-])c2)cc1. The molecule has 0 heterocycles. The fraction of sp³-hybridized carbons (Fsp3) is 0.133. The minimum atomic E-state index is -3.76. The summed E-state index contributed by atoms with van der Waals surface area (Å²) in [6.45, 7) is 1.90. The molecule has 8 heteroatoms. The van der Waals surface area contributed by atoms with Gasteiger partial charge in [0.15, 0.2) is 9.84 Å². The summed E-state index contributed by atoms with van der Waals surface area (Å²) >= 11 is 0. The van der Waals surface area contributed by atoms with Crippen LogP contribution < -0.4 is 5.32 Å². The topological polar surface area (TPSA) is 106 Å². The van der Waals surface area contributed by atoms with Crippen LogP contribution in [0.2, 0.25) is 0 Å². The Morgan fingerprint density at radius 2 is 1.74 bits per heavy atom. The lowest BCUT2D eigenvalue weighted by Crippen LogP contribution is -2.13. The van der Waals surface area contributed by atoms with Crippen LogP contribution in [0.5, 0.6) is 0 Å². The van der Waals surface area contributed by atoms with E-state index in [2.05, 4.69) is 5.32 Å². The summed E-state index contributed by atoms with van der Waals surface area (Å²) in [4.78, 5) is 22.0. The molecule has 23 heavy (non-hydrogen) atoms. The number of anilines is 1. The van der Waals surface area contributed by atoms with Gasteiger partial charge in [-0.2, -0.15) is 0 Å². The molecule has 2 aromatic rings. The number of sulfone groups is 1. The molecule has 7 nitrogen and oxygen atoms in total. The van der Waals surface area contributed by atoms with Crippen molar-refractivity contribution in [2.45, 2.75) is 11.8 Å². The van der Waals surface area contributed by atoms with Crippen LogP contribution in [0.1, 0.15) is 15.9 Å². The Hall–Kier alpha value is -2.74. The number of benzene rings is 2. The second-order valence-electron chi connectivity index (χ2n) is 5.03. The minimum Gasteiger partial charge on any atom is -0.322 e. The molecule has 0 saturated carbocycles. The van der Waals surface area contributed by atoms with E-state index in [9.17, 15) is 23.3 Å². The van der Waals surface area contributed by atoms with E-state index in [1.54, 1.807) is 12.1 Å². The van der Waals surface area contributed by atoms with E-state index < -0.39 is 31.3 Å². The fourth-order valence-corrected chi connectivity index (χ4v) is 2.78. The number of rotatable bonds is 4. The molecule has 0 unspecified atom stereocenters. The highest BCUT2D eigenvalue weighted by Crippen LogP contribution is 2.25. The van der Waals surface area contributed by atoms with E-state index in [0.717, 1.165) is 24.0 Å². The van der Waals surface area contributed by atoms with Crippen molar-refractivity contribution in [1.29, 1.82) is 0 Å². The molecular weight excluding hydrogens is 320 g/mol. The molecule has 0 fully saturated rings. The van der Waals surface area contributed by atoms with Gasteiger partial charge in [-0.1, -0.05) is 17.7 Å². The lowest BCUT2D eigenvalue weighted by Gasteiger charge is -2.07. The van der Waals surface area contributed by atoms with Crippen molar-refractivity contribution >= 4 is 27.1 Å². The Kier molecular flexibility index (Phi) is 4.46. The molecule has 0 saturated heterocycles. The minimum absolute atomic E-state index is 0.00433. The number of hydrogen-bond donors (Lipinski definition) is 1. The third-order valence-electron chi connectivity index (χ3n) is 3.13. The highest BCUT2D eigenvalue weighted by Gasteiger charge is 2.24. The Balaban J connectivity index is 2.36. The summed E-state index contributed by atoms with van der Waals surface area (Å²) < 4.78 is 23.1. The van der Waals surface area contributed by atoms with Crippen LogP contribution >= 0.6 is 0 Å². The number of aryl methyl sites for hydroxylation is 1. The van der Waals surface area contributed by atoms with Gasteiger partial charge >= 0.3 is 0 Å². The van der Waals surface area contributed by atoms with Crippen molar-refractivity contribution < 1.29 is 18.1 Å². The standard InChI is InChI=1S/C15H14N2O5S/c1-10-3-6-12(7-4-10)16-15(18)11-5-8-14(23(2,21)22)13(9-11)17(19)20/h3-9H,1-2H3,(H,16,18). The predicted octanol–water partition coefficient (Wildman–Crippen LogP) is 2.56. The zero-order valence-electron chi connectivity index (χ0n) is 12.4. The van der Waals surface area contributed by atoms with E-state index in [4.69, 9.17) is 0 Å². The summed E-state index contributed by atoms with van der Waals surface area (Å²) in [5.74, 6) is -0.558. The maximum Gasteiger partial charge on any atom is 0.288 e. The van der Waals surface area contributed by atoms with Gasteiger partial charge in [-0.15, -0.1) is 0 Å². The summed E-state index contributed by atoms with van der Waals surface area (Å²) in [5, 5.41) is 13.6. The zero-order chi connectivity index (χ0) is 17.2. The van der Waals surface area contributed by atoms with E-state index in [1.165, 1.54) is 6.07 Å². The van der Waals surface area contributed by atoms with Gasteiger partial charge in [-0.25, -0.2) is 8.42 Å². The Bertz CT molecular complexity index is 873. The number of nitro benzene ring substituents is 1. The highest BCUT2D eigenvalue weighted by molar-refractivity contribution is 7.90. The average molecular weight is 334 g/mol. The van der Waals surface area contributed by atoms with Crippen LogP contribution in [-0.2, 0) is 9.84 Å². The molecule has 0 bridgehead atoms. The lowest BCUT2D eigenvalue weighted by atomic mass is 10.1. The number of nitrogens with one attached hydrogen (secondary N) is 1. The summed E-state index contributed by atoms with van der Waals surface area (Å²) in [5.41, 5.74) is 0.945. The molecule has 1 amide bonds. The fourth-order valence-electron chi connectivity index (χ4n) is 1.95. The van der Waals surface area contributed by atoms with Gasteiger partial charge in [0.25, 0.3) is 11.6 Å². The van der Waals surface area contributed by atoms with Gasteiger partial charge in [-0.05, 0) is 31.2 Å².